The quantitative estimate of drug-likeness (QED) is 0.750. The van der Waals surface area contributed by atoms with Crippen LogP contribution in [0.25, 0.3) is 0 Å². The molecule has 0 aliphatic carbocycles. The van der Waals surface area contributed by atoms with Gasteiger partial charge in [-0.25, -0.2) is 8.42 Å². The summed E-state index contributed by atoms with van der Waals surface area (Å²) in [6.07, 6.45) is 3.51. The summed E-state index contributed by atoms with van der Waals surface area (Å²) in [5.41, 5.74) is 0.766. The molecular weight excluding hydrogens is 336 g/mol. The molecule has 140 valence electrons. The summed E-state index contributed by atoms with van der Waals surface area (Å²) >= 11 is 0. The van der Waals surface area contributed by atoms with Crippen LogP contribution in [0.15, 0.2) is 36.9 Å². The van der Waals surface area contributed by atoms with Crippen molar-refractivity contribution < 1.29 is 13.2 Å². The Morgan fingerprint density at radius 2 is 1.68 bits per heavy atom. The van der Waals surface area contributed by atoms with Gasteiger partial charge in [0, 0.05) is 11.1 Å². The van der Waals surface area contributed by atoms with Gasteiger partial charge in [-0.1, -0.05) is 26.8 Å². The summed E-state index contributed by atoms with van der Waals surface area (Å²) in [7, 11) is -3.40. The van der Waals surface area contributed by atoms with Crippen molar-refractivity contribution >= 4 is 21.6 Å². The second-order valence-electron chi connectivity index (χ2n) is 8.21. The Kier molecular flexibility index (Phi) is 6.45. The van der Waals surface area contributed by atoms with Gasteiger partial charge in [0.1, 0.15) is 0 Å². The predicted octanol–water partition coefficient (Wildman–Crippen LogP) is 3.58. The van der Waals surface area contributed by atoms with Crippen molar-refractivity contribution in [1.29, 1.82) is 0 Å². The largest absolute Gasteiger partial charge is 0.347 e. The number of nitrogens with one attached hydrogen (secondary N) is 1. The lowest BCUT2D eigenvalue weighted by atomic mass is 9.81. The lowest BCUT2D eigenvalue weighted by Gasteiger charge is -2.33. The lowest BCUT2D eigenvalue weighted by molar-refractivity contribution is 0.0891. The molecule has 0 aliphatic rings. The van der Waals surface area contributed by atoms with Gasteiger partial charge in [0.2, 0.25) is 10.0 Å². The van der Waals surface area contributed by atoms with Gasteiger partial charge < -0.3 is 5.32 Å². The van der Waals surface area contributed by atoms with E-state index in [0.717, 1.165) is 12.7 Å². The SMILES string of the molecule is C=CCN(c1ccc(C(=O)NC(C)(C)CC(C)(C)C)cc1)S(C)(=O)=O. The predicted molar refractivity (Wildman–Crippen MR) is 104 cm³/mol. The first-order chi connectivity index (χ1) is 11.2. The molecule has 0 saturated carbocycles. The van der Waals surface area contributed by atoms with E-state index in [1.807, 2.05) is 13.8 Å². The minimum atomic E-state index is -3.40. The number of hydrogen-bond acceptors (Lipinski definition) is 3. The van der Waals surface area contributed by atoms with Crippen LogP contribution in [0.1, 0.15) is 51.4 Å². The van der Waals surface area contributed by atoms with E-state index in [1.165, 1.54) is 10.4 Å². The highest BCUT2D eigenvalue weighted by Crippen LogP contribution is 2.27. The molecule has 5 nitrogen and oxygen atoms in total. The average molecular weight is 367 g/mol. The summed E-state index contributed by atoms with van der Waals surface area (Å²) < 4.78 is 25.0. The number of amides is 1. The Bertz CT molecular complexity index is 714. The fourth-order valence-electron chi connectivity index (χ4n) is 3.08. The van der Waals surface area contributed by atoms with Crippen molar-refractivity contribution in [3.63, 3.8) is 0 Å². The first-order valence-corrected chi connectivity index (χ1v) is 10.1. The molecule has 0 spiro atoms. The Balaban J connectivity index is 2.95. The molecule has 1 amide bonds. The molecule has 1 aromatic carbocycles. The smallest absolute Gasteiger partial charge is 0.251 e. The minimum Gasteiger partial charge on any atom is -0.347 e. The van der Waals surface area contributed by atoms with E-state index in [0.29, 0.717) is 11.3 Å². The normalized spacial score (nSPS) is 12.6. The third-order valence-electron chi connectivity index (χ3n) is 3.54. The van der Waals surface area contributed by atoms with Crippen LogP contribution in [0.3, 0.4) is 0 Å². The van der Waals surface area contributed by atoms with Crippen LogP contribution in [0.5, 0.6) is 0 Å². The molecule has 0 heterocycles. The molecule has 0 fully saturated rings. The number of anilines is 1. The van der Waals surface area contributed by atoms with E-state index < -0.39 is 10.0 Å². The molecule has 0 aliphatic heterocycles. The highest BCUT2D eigenvalue weighted by molar-refractivity contribution is 7.92. The van der Waals surface area contributed by atoms with Crippen molar-refractivity contribution in [1.82, 2.24) is 5.32 Å². The highest BCUT2D eigenvalue weighted by atomic mass is 32.2. The second-order valence-corrected chi connectivity index (χ2v) is 10.1. The first-order valence-electron chi connectivity index (χ1n) is 8.26. The zero-order chi connectivity index (χ0) is 19.5. The molecule has 0 atom stereocenters. The van der Waals surface area contributed by atoms with Gasteiger partial charge in [-0.3, -0.25) is 9.10 Å². The minimum absolute atomic E-state index is 0.0985. The van der Waals surface area contributed by atoms with Crippen molar-refractivity contribution in [2.75, 3.05) is 17.1 Å². The average Bonchev–Trinajstić information content (AvgIpc) is 2.40. The van der Waals surface area contributed by atoms with E-state index in [4.69, 9.17) is 0 Å². The maximum absolute atomic E-state index is 12.5. The van der Waals surface area contributed by atoms with Crippen LogP contribution in [-0.2, 0) is 10.0 Å². The Morgan fingerprint density at radius 1 is 1.16 bits per heavy atom. The van der Waals surface area contributed by atoms with Crippen LogP contribution >= 0.6 is 0 Å². The molecule has 0 unspecified atom stereocenters. The number of nitrogens with zero attached hydrogens (tertiary/aromatic N) is 1. The van der Waals surface area contributed by atoms with Crippen LogP contribution in [0, 0.1) is 5.41 Å². The van der Waals surface area contributed by atoms with Gasteiger partial charge in [-0.15, -0.1) is 6.58 Å². The summed E-state index contributed by atoms with van der Waals surface area (Å²) in [6.45, 7) is 14.2. The van der Waals surface area contributed by atoms with Crippen LogP contribution in [0.2, 0.25) is 0 Å². The molecule has 1 rings (SSSR count). The van der Waals surface area contributed by atoms with Gasteiger partial charge in [-0.05, 0) is 49.9 Å². The van der Waals surface area contributed by atoms with E-state index in [1.54, 1.807) is 24.3 Å². The number of sulfonamides is 1. The number of carbonyl (C=O) groups excluding carboxylic acids is 1. The van der Waals surface area contributed by atoms with Gasteiger partial charge in [-0.2, -0.15) is 0 Å². The zero-order valence-corrected chi connectivity index (χ0v) is 16.9. The summed E-state index contributed by atoms with van der Waals surface area (Å²) in [5, 5.41) is 3.05. The summed E-state index contributed by atoms with van der Waals surface area (Å²) in [6, 6.07) is 6.55. The lowest BCUT2D eigenvalue weighted by Crippen LogP contribution is -2.45. The second kappa shape index (κ2) is 7.60. The number of benzene rings is 1. The van der Waals surface area contributed by atoms with Gasteiger partial charge in [0.15, 0.2) is 0 Å². The standard InChI is InChI=1S/C19H30N2O3S/c1-8-13-21(25(7,23)24)16-11-9-15(10-12-16)17(22)20-19(5,6)14-18(2,3)4/h8-12H,1,13-14H2,2-7H3,(H,20,22). The van der Waals surface area contributed by atoms with E-state index in [-0.39, 0.29) is 23.4 Å². The van der Waals surface area contributed by atoms with Crippen molar-refractivity contribution in [3.05, 3.63) is 42.5 Å². The molecule has 0 bridgehead atoms. The van der Waals surface area contributed by atoms with Gasteiger partial charge >= 0.3 is 0 Å². The first kappa shape index (κ1) is 21.2. The topological polar surface area (TPSA) is 66.5 Å². The van der Waals surface area contributed by atoms with Crippen LogP contribution in [0.4, 0.5) is 5.69 Å². The van der Waals surface area contributed by atoms with E-state index in [2.05, 4.69) is 32.7 Å². The fourth-order valence-corrected chi connectivity index (χ4v) is 3.96. The molecule has 1 aromatic rings. The van der Waals surface area contributed by atoms with E-state index in [9.17, 15) is 13.2 Å². The maximum atomic E-state index is 12.5. The number of rotatable bonds is 7. The molecule has 25 heavy (non-hydrogen) atoms. The third-order valence-corrected chi connectivity index (χ3v) is 4.70. The van der Waals surface area contributed by atoms with Crippen molar-refractivity contribution in [2.45, 2.75) is 46.6 Å². The molecule has 0 radical (unpaired) electrons. The Morgan fingerprint density at radius 3 is 2.08 bits per heavy atom. The Labute approximate surface area is 152 Å². The van der Waals surface area contributed by atoms with Crippen molar-refractivity contribution in [2.24, 2.45) is 5.41 Å². The fraction of sp³-hybridized carbons (Fsp3) is 0.526. The van der Waals surface area contributed by atoms with Gasteiger partial charge in [0.25, 0.3) is 5.91 Å². The molecule has 0 saturated heterocycles. The number of carbonyl (C=O) groups is 1. The molecule has 0 aromatic heterocycles. The Hall–Kier alpha value is -1.82. The van der Waals surface area contributed by atoms with E-state index >= 15 is 0 Å². The maximum Gasteiger partial charge on any atom is 0.251 e. The van der Waals surface area contributed by atoms with Gasteiger partial charge in [0.05, 0.1) is 18.5 Å². The van der Waals surface area contributed by atoms with Crippen LogP contribution < -0.4 is 9.62 Å². The summed E-state index contributed by atoms with van der Waals surface area (Å²) in [4.78, 5) is 12.5. The monoisotopic (exact) mass is 366 g/mol. The zero-order valence-electron chi connectivity index (χ0n) is 16.1. The number of hydrogen-bond donors (Lipinski definition) is 1. The molecular formula is C19H30N2O3S. The van der Waals surface area contributed by atoms with Crippen LogP contribution in [-0.4, -0.2) is 32.7 Å². The molecule has 1 N–H and O–H groups in total. The third kappa shape index (κ3) is 6.90. The molecule has 6 heteroatoms. The highest BCUT2D eigenvalue weighted by Gasteiger charge is 2.27. The summed E-state index contributed by atoms with van der Waals surface area (Å²) in [5.74, 6) is -0.171. The van der Waals surface area contributed by atoms with Crippen molar-refractivity contribution in [3.8, 4) is 0 Å².